The van der Waals surface area contributed by atoms with Crippen LogP contribution in [-0.2, 0) is 0 Å². The van der Waals surface area contributed by atoms with E-state index in [4.69, 9.17) is 4.42 Å². The normalized spacial score (nSPS) is 11.4. The number of rotatable bonds is 2. The van der Waals surface area contributed by atoms with Crippen molar-refractivity contribution in [3.05, 3.63) is 78.0 Å². The van der Waals surface area contributed by atoms with Crippen LogP contribution in [-0.4, -0.2) is 10.9 Å². The van der Waals surface area contributed by atoms with Gasteiger partial charge in [-0.15, -0.1) is 0 Å². The number of benzene rings is 3. The van der Waals surface area contributed by atoms with Crippen LogP contribution in [0.5, 0.6) is 0 Å². The van der Waals surface area contributed by atoms with Gasteiger partial charge in [-0.05, 0) is 37.3 Å². The zero-order valence-corrected chi connectivity index (χ0v) is 14.2. The molecule has 26 heavy (non-hydrogen) atoms. The predicted molar refractivity (Wildman–Crippen MR) is 105 cm³/mol. The smallest absolute Gasteiger partial charge is 0.258 e. The molecular weight excluding hydrogens is 324 g/mol. The van der Waals surface area contributed by atoms with E-state index >= 15 is 0 Å². The fourth-order valence-corrected chi connectivity index (χ4v) is 3.57. The van der Waals surface area contributed by atoms with Gasteiger partial charge in [0.1, 0.15) is 11.2 Å². The molecule has 4 nitrogen and oxygen atoms in total. The number of aryl methyl sites for hydroxylation is 1. The van der Waals surface area contributed by atoms with Crippen LogP contribution in [0.2, 0.25) is 0 Å². The van der Waals surface area contributed by atoms with Crippen LogP contribution < -0.4 is 5.32 Å². The van der Waals surface area contributed by atoms with E-state index in [0.717, 1.165) is 44.2 Å². The first-order valence-electron chi connectivity index (χ1n) is 8.51. The number of anilines is 1. The van der Waals surface area contributed by atoms with E-state index in [2.05, 4.69) is 10.3 Å². The first-order valence-corrected chi connectivity index (χ1v) is 8.51. The molecule has 2 aromatic heterocycles. The molecular formula is C22H16N2O2. The van der Waals surface area contributed by atoms with Gasteiger partial charge in [0.2, 0.25) is 0 Å². The monoisotopic (exact) mass is 340 g/mol. The summed E-state index contributed by atoms with van der Waals surface area (Å²) in [6.07, 6.45) is 0. The van der Waals surface area contributed by atoms with Gasteiger partial charge in [0.05, 0.1) is 5.56 Å². The number of furan rings is 1. The molecule has 0 spiro atoms. The Labute approximate surface area is 149 Å². The molecule has 3 aromatic carbocycles. The highest BCUT2D eigenvalue weighted by Crippen LogP contribution is 2.31. The van der Waals surface area contributed by atoms with Gasteiger partial charge >= 0.3 is 0 Å². The molecule has 1 amide bonds. The topological polar surface area (TPSA) is 58.0 Å². The summed E-state index contributed by atoms with van der Waals surface area (Å²) < 4.78 is 5.84. The van der Waals surface area contributed by atoms with Crippen LogP contribution in [0.15, 0.2) is 71.1 Å². The number of hydrogen-bond acceptors (Lipinski definition) is 2. The number of nitrogens with one attached hydrogen (secondary N) is 2. The van der Waals surface area contributed by atoms with Crippen LogP contribution in [0.3, 0.4) is 0 Å². The second-order valence-corrected chi connectivity index (χ2v) is 6.43. The van der Waals surface area contributed by atoms with Crippen LogP contribution >= 0.6 is 0 Å². The quantitative estimate of drug-likeness (QED) is 0.438. The number of fused-ring (bicyclic) bond motifs is 4. The molecule has 2 heterocycles. The van der Waals surface area contributed by atoms with Crippen molar-refractivity contribution in [3.63, 3.8) is 0 Å². The van der Waals surface area contributed by atoms with Crippen molar-refractivity contribution in [2.24, 2.45) is 0 Å². The summed E-state index contributed by atoms with van der Waals surface area (Å²) >= 11 is 0. The maximum absolute atomic E-state index is 12.9. The SMILES string of the molecule is Cc1[nH]c2ccccc2c1C(=O)Nc1ccc2oc3ccccc3c2c1. The lowest BCUT2D eigenvalue weighted by Gasteiger charge is -2.06. The molecule has 5 rings (SSSR count). The highest BCUT2D eigenvalue weighted by atomic mass is 16.3. The molecule has 2 N–H and O–H groups in total. The second kappa shape index (κ2) is 5.49. The number of para-hydroxylation sites is 2. The summed E-state index contributed by atoms with van der Waals surface area (Å²) in [7, 11) is 0. The van der Waals surface area contributed by atoms with E-state index < -0.39 is 0 Å². The largest absolute Gasteiger partial charge is 0.456 e. The fourth-order valence-electron chi connectivity index (χ4n) is 3.57. The van der Waals surface area contributed by atoms with Crippen molar-refractivity contribution in [3.8, 4) is 0 Å². The Morgan fingerprint density at radius 2 is 1.62 bits per heavy atom. The Hall–Kier alpha value is -3.53. The summed E-state index contributed by atoms with van der Waals surface area (Å²) in [5, 5.41) is 5.99. The predicted octanol–water partition coefficient (Wildman–Crippen LogP) is 5.63. The number of carbonyl (C=O) groups is 1. The van der Waals surface area contributed by atoms with Crippen molar-refractivity contribution in [1.29, 1.82) is 0 Å². The van der Waals surface area contributed by atoms with Gasteiger partial charge in [-0.3, -0.25) is 4.79 Å². The van der Waals surface area contributed by atoms with E-state index in [1.807, 2.05) is 73.7 Å². The molecule has 0 bridgehead atoms. The zero-order chi connectivity index (χ0) is 17.7. The molecule has 0 saturated carbocycles. The summed E-state index contributed by atoms with van der Waals surface area (Å²) in [5.41, 5.74) is 4.91. The Morgan fingerprint density at radius 3 is 2.50 bits per heavy atom. The molecule has 0 radical (unpaired) electrons. The van der Waals surface area contributed by atoms with Crippen LogP contribution in [0.25, 0.3) is 32.8 Å². The van der Waals surface area contributed by atoms with Gasteiger partial charge in [0.25, 0.3) is 5.91 Å². The van der Waals surface area contributed by atoms with Crippen molar-refractivity contribution < 1.29 is 9.21 Å². The maximum atomic E-state index is 12.9. The van der Waals surface area contributed by atoms with Crippen molar-refractivity contribution in [2.45, 2.75) is 6.92 Å². The maximum Gasteiger partial charge on any atom is 0.258 e. The lowest BCUT2D eigenvalue weighted by atomic mass is 10.1. The van der Waals surface area contributed by atoms with Crippen LogP contribution in [0.1, 0.15) is 16.1 Å². The van der Waals surface area contributed by atoms with Crippen molar-refractivity contribution >= 4 is 44.4 Å². The first kappa shape index (κ1) is 14.8. The molecule has 4 heteroatoms. The average Bonchev–Trinajstić information content (AvgIpc) is 3.18. The van der Waals surface area contributed by atoms with Gasteiger partial charge in [-0.25, -0.2) is 0 Å². The van der Waals surface area contributed by atoms with E-state index in [1.54, 1.807) is 0 Å². The minimum Gasteiger partial charge on any atom is -0.456 e. The molecule has 0 aliphatic rings. The van der Waals surface area contributed by atoms with Crippen molar-refractivity contribution in [1.82, 2.24) is 4.98 Å². The van der Waals surface area contributed by atoms with Crippen LogP contribution in [0.4, 0.5) is 5.69 Å². The fraction of sp³-hybridized carbons (Fsp3) is 0.0455. The lowest BCUT2D eigenvalue weighted by Crippen LogP contribution is -2.12. The van der Waals surface area contributed by atoms with E-state index in [9.17, 15) is 4.79 Å². The molecule has 0 aliphatic carbocycles. The van der Waals surface area contributed by atoms with Gasteiger partial charge in [0, 0.05) is 33.1 Å². The van der Waals surface area contributed by atoms with E-state index in [-0.39, 0.29) is 5.91 Å². The number of aromatic amines is 1. The molecule has 0 aliphatic heterocycles. The molecule has 0 unspecified atom stereocenters. The third-order valence-corrected chi connectivity index (χ3v) is 4.76. The van der Waals surface area contributed by atoms with Gasteiger partial charge in [0.15, 0.2) is 0 Å². The molecule has 0 saturated heterocycles. The van der Waals surface area contributed by atoms with Crippen molar-refractivity contribution in [2.75, 3.05) is 5.32 Å². The summed E-state index contributed by atoms with van der Waals surface area (Å²) in [6, 6.07) is 21.5. The number of H-pyrrole nitrogens is 1. The summed E-state index contributed by atoms with van der Waals surface area (Å²) in [5.74, 6) is -0.118. The highest BCUT2D eigenvalue weighted by molar-refractivity contribution is 6.15. The highest BCUT2D eigenvalue weighted by Gasteiger charge is 2.16. The zero-order valence-electron chi connectivity index (χ0n) is 14.2. The molecule has 0 fully saturated rings. The Bertz CT molecular complexity index is 1290. The van der Waals surface area contributed by atoms with E-state index in [0.29, 0.717) is 5.56 Å². The summed E-state index contributed by atoms with van der Waals surface area (Å²) in [4.78, 5) is 16.2. The summed E-state index contributed by atoms with van der Waals surface area (Å²) in [6.45, 7) is 1.92. The molecule has 5 aromatic rings. The second-order valence-electron chi connectivity index (χ2n) is 6.43. The van der Waals surface area contributed by atoms with Crippen LogP contribution in [0, 0.1) is 6.92 Å². The van der Waals surface area contributed by atoms with Gasteiger partial charge in [-0.1, -0.05) is 36.4 Å². The Kier molecular flexibility index (Phi) is 3.12. The number of carbonyl (C=O) groups excluding carboxylic acids is 1. The average molecular weight is 340 g/mol. The molecule has 0 atom stereocenters. The first-order chi connectivity index (χ1) is 12.7. The van der Waals surface area contributed by atoms with E-state index in [1.165, 1.54) is 0 Å². The lowest BCUT2D eigenvalue weighted by molar-refractivity contribution is 0.102. The Balaban J connectivity index is 1.57. The minimum atomic E-state index is -0.118. The number of amides is 1. The van der Waals surface area contributed by atoms with Gasteiger partial charge in [-0.2, -0.15) is 0 Å². The Morgan fingerprint density at radius 1 is 0.885 bits per heavy atom. The standard InChI is InChI=1S/C22H16N2O2/c1-13-21(16-7-2-4-8-18(16)23-13)22(25)24-14-10-11-20-17(12-14)15-6-3-5-9-19(15)26-20/h2-12,23H,1H3,(H,24,25). The number of aromatic nitrogens is 1. The molecule has 126 valence electrons. The number of hydrogen-bond donors (Lipinski definition) is 2. The minimum absolute atomic E-state index is 0.118. The third kappa shape index (κ3) is 2.19. The van der Waals surface area contributed by atoms with Gasteiger partial charge < -0.3 is 14.7 Å². The third-order valence-electron chi connectivity index (χ3n) is 4.76.